The van der Waals surface area contributed by atoms with Gasteiger partial charge in [-0.3, -0.25) is 9.59 Å². The smallest absolute Gasteiger partial charge is 0.210 e. The lowest BCUT2D eigenvalue weighted by molar-refractivity contribution is 0.103. The fourth-order valence-electron chi connectivity index (χ4n) is 3.38. The Labute approximate surface area is 166 Å². The second-order valence-electron chi connectivity index (χ2n) is 6.48. The summed E-state index contributed by atoms with van der Waals surface area (Å²) in [4.78, 5) is 26.3. The van der Waals surface area contributed by atoms with E-state index in [2.05, 4.69) is 0 Å². The van der Waals surface area contributed by atoms with Crippen molar-refractivity contribution in [2.45, 2.75) is 6.92 Å². The number of carbonyl (C=O) groups excluding carboxylic acids is 2. The first-order chi connectivity index (χ1) is 13.5. The molecule has 0 spiro atoms. The van der Waals surface area contributed by atoms with E-state index in [1.165, 1.54) is 24.3 Å². The van der Waals surface area contributed by atoms with Crippen LogP contribution in [0.2, 0.25) is 5.02 Å². The molecule has 2 aromatic carbocycles. The Kier molecular flexibility index (Phi) is 4.57. The first-order valence-electron chi connectivity index (χ1n) is 8.67. The zero-order chi connectivity index (χ0) is 19.8. The molecule has 5 heteroatoms. The minimum absolute atomic E-state index is 0.184. The summed E-state index contributed by atoms with van der Waals surface area (Å²) in [6.07, 6.45) is 1.75. The van der Waals surface area contributed by atoms with Crippen molar-refractivity contribution in [3.05, 3.63) is 112 Å². The standard InChI is InChI=1S/C23H15ClFNO2/c1-14-20(22(27)15-5-9-17(24)10-6-15)19-4-2-3-13-26(19)21(14)23(28)16-7-11-18(25)12-8-16/h2-13H,1H3. The van der Waals surface area contributed by atoms with Gasteiger partial charge in [-0.15, -0.1) is 0 Å². The van der Waals surface area contributed by atoms with Crippen LogP contribution in [0.25, 0.3) is 5.52 Å². The lowest BCUT2D eigenvalue weighted by Gasteiger charge is -2.04. The van der Waals surface area contributed by atoms with Crippen LogP contribution in [0.1, 0.15) is 37.5 Å². The number of aromatic nitrogens is 1. The number of benzene rings is 2. The second kappa shape index (κ2) is 7.06. The van der Waals surface area contributed by atoms with Crippen LogP contribution in [0, 0.1) is 12.7 Å². The summed E-state index contributed by atoms with van der Waals surface area (Å²) in [5.41, 5.74) is 2.93. The van der Waals surface area contributed by atoms with Gasteiger partial charge in [0, 0.05) is 22.3 Å². The minimum Gasteiger partial charge on any atom is -0.313 e. The van der Waals surface area contributed by atoms with Crippen molar-refractivity contribution in [3.8, 4) is 0 Å². The molecule has 2 aromatic heterocycles. The molecule has 4 rings (SSSR count). The number of pyridine rings is 1. The van der Waals surface area contributed by atoms with Gasteiger partial charge >= 0.3 is 0 Å². The average Bonchev–Trinajstić information content (AvgIpc) is 3.00. The van der Waals surface area contributed by atoms with E-state index in [0.717, 1.165) is 0 Å². The molecule has 4 aromatic rings. The van der Waals surface area contributed by atoms with Crippen molar-refractivity contribution in [3.63, 3.8) is 0 Å². The Hall–Kier alpha value is -3.24. The van der Waals surface area contributed by atoms with E-state index < -0.39 is 5.82 Å². The second-order valence-corrected chi connectivity index (χ2v) is 6.91. The molecular weight excluding hydrogens is 377 g/mol. The number of fused-ring (bicyclic) bond motifs is 1. The molecule has 3 nitrogen and oxygen atoms in total. The lowest BCUT2D eigenvalue weighted by atomic mass is 9.98. The molecule has 0 atom stereocenters. The van der Waals surface area contributed by atoms with Gasteiger partial charge in [-0.2, -0.15) is 0 Å². The van der Waals surface area contributed by atoms with E-state index in [1.54, 1.807) is 53.9 Å². The molecular formula is C23H15ClFNO2. The van der Waals surface area contributed by atoms with Crippen LogP contribution in [0.15, 0.2) is 72.9 Å². The Morgan fingerprint density at radius 1 is 0.857 bits per heavy atom. The first-order valence-corrected chi connectivity index (χ1v) is 9.05. The normalized spacial score (nSPS) is 11.0. The molecule has 0 unspecified atom stereocenters. The Morgan fingerprint density at radius 2 is 1.46 bits per heavy atom. The van der Waals surface area contributed by atoms with Crippen molar-refractivity contribution in [1.29, 1.82) is 0 Å². The van der Waals surface area contributed by atoms with Gasteiger partial charge in [0.05, 0.1) is 16.8 Å². The summed E-state index contributed by atoms with van der Waals surface area (Å²) in [7, 11) is 0. The SMILES string of the molecule is Cc1c(C(=O)c2ccc(Cl)cc2)c2ccccn2c1C(=O)c1ccc(F)cc1. The van der Waals surface area contributed by atoms with E-state index in [1.807, 2.05) is 6.07 Å². The summed E-state index contributed by atoms with van der Waals surface area (Å²) in [6, 6.07) is 17.5. The van der Waals surface area contributed by atoms with E-state index in [9.17, 15) is 14.0 Å². The lowest BCUT2D eigenvalue weighted by Crippen LogP contribution is -2.07. The monoisotopic (exact) mass is 391 g/mol. The molecule has 0 aliphatic heterocycles. The minimum atomic E-state index is -0.410. The van der Waals surface area contributed by atoms with Crippen LogP contribution in [-0.4, -0.2) is 16.0 Å². The molecule has 0 fully saturated rings. The van der Waals surface area contributed by atoms with Crippen LogP contribution in [0.4, 0.5) is 4.39 Å². The van der Waals surface area contributed by atoms with Crippen LogP contribution in [0.5, 0.6) is 0 Å². The highest BCUT2D eigenvalue weighted by Crippen LogP contribution is 2.28. The molecule has 0 saturated carbocycles. The van der Waals surface area contributed by atoms with Crippen LogP contribution < -0.4 is 0 Å². The van der Waals surface area contributed by atoms with Gasteiger partial charge in [0.2, 0.25) is 5.78 Å². The molecule has 0 radical (unpaired) electrons. The van der Waals surface area contributed by atoms with E-state index >= 15 is 0 Å². The summed E-state index contributed by atoms with van der Waals surface area (Å²) < 4.78 is 15.0. The fourth-order valence-corrected chi connectivity index (χ4v) is 3.51. The Morgan fingerprint density at radius 3 is 2.14 bits per heavy atom. The fraction of sp³-hybridized carbons (Fsp3) is 0.0435. The maximum atomic E-state index is 13.2. The van der Waals surface area contributed by atoms with Gasteiger partial charge in [0.15, 0.2) is 5.78 Å². The Balaban J connectivity index is 1.91. The summed E-state index contributed by atoms with van der Waals surface area (Å²) >= 11 is 5.93. The van der Waals surface area contributed by atoms with E-state index in [4.69, 9.17) is 11.6 Å². The quantitative estimate of drug-likeness (QED) is 0.431. The third kappa shape index (κ3) is 3.02. The summed E-state index contributed by atoms with van der Waals surface area (Å²) in [6.45, 7) is 1.76. The number of carbonyl (C=O) groups is 2. The highest BCUT2D eigenvalue weighted by molar-refractivity contribution is 6.30. The van der Waals surface area contributed by atoms with Crippen LogP contribution in [0.3, 0.4) is 0 Å². The van der Waals surface area contributed by atoms with Crippen LogP contribution >= 0.6 is 11.6 Å². The third-order valence-corrected chi connectivity index (χ3v) is 4.99. The molecule has 2 heterocycles. The van der Waals surface area contributed by atoms with Gasteiger partial charge in [-0.05, 0) is 73.2 Å². The third-order valence-electron chi connectivity index (χ3n) is 4.74. The molecule has 138 valence electrons. The van der Waals surface area contributed by atoms with E-state index in [0.29, 0.717) is 38.5 Å². The highest BCUT2D eigenvalue weighted by atomic mass is 35.5. The van der Waals surface area contributed by atoms with Gasteiger partial charge in [-0.25, -0.2) is 4.39 Å². The predicted octanol–water partition coefficient (Wildman–Crippen LogP) is 5.50. The van der Waals surface area contributed by atoms with Gasteiger partial charge in [0.1, 0.15) is 5.82 Å². The number of hydrogen-bond acceptors (Lipinski definition) is 2. The number of halogens is 2. The number of hydrogen-bond donors (Lipinski definition) is 0. The van der Waals surface area contributed by atoms with Crippen LogP contribution in [-0.2, 0) is 0 Å². The number of ketones is 2. The maximum Gasteiger partial charge on any atom is 0.210 e. The van der Waals surface area contributed by atoms with Gasteiger partial charge < -0.3 is 4.40 Å². The average molecular weight is 392 g/mol. The summed E-state index contributed by atoms with van der Waals surface area (Å²) in [5.74, 6) is -0.864. The van der Waals surface area contributed by atoms with Crippen molar-refractivity contribution in [1.82, 2.24) is 4.40 Å². The van der Waals surface area contributed by atoms with Crippen molar-refractivity contribution >= 4 is 28.7 Å². The zero-order valence-corrected chi connectivity index (χ0v) is 15.7. The van der Waals surface area contributed by atoms with Crippen molar-refractivity contribution < 1.29 is 14.0 Å². The Bertz CT molecular complexity index is 1110. The van der Waals surface area contributed by atoms with Crippen molar-refractivity contribution in [2.24, 2.45) is 0 Å². The molecule has 0 amide bonds. The molecule has 0 aliphatic carbocycles. The molecule has 0 aliphatic rings. The maximum absolute atomic E-state index is 13.2. The highest BCUT2D eigenvalue weighted by Gasteiger charge is 2.25. The number of rotatable bonds is 4. The number of nitrogens with zero attached hydrogens (tertiary/aromatic N) is 1. The van der Waals surface area contributed by atoms with Gasteiger partial charge in [-0.1, -0.05) is 17.7 Å². The topological polar surface area (TPSA) is 38.5 Å². The van der Waals surface area contributed by atoms with E-state index in [-0.39, 0.29) is 11.6 Å². The first kappa shape index (κ1) is 18.1. The van der Waals surface area contributed by atoms with Gasteiger partial charge in [0.25, 0.3) is 0 Å². The predicted molar refractivity (Wildman–Crippen MR) is 107 cm³/mol. The molecule has 0 N–H and O–H groups in total. The molecule has 28 heavy (non-hydrogen) atoms. The summed E-state index contributed by atoms with van der Waals surface area (Å²) in [5, 5.41) is 0.544. The molecule has 0 saturated heterocycles. The zero-order valence-electron chi connectivity index (χ0n) is 14.9. The largest absolute Gasteiger partial charge is 0.313 e. The van der Waals surface area contributed by atoms with Crippen molar-refractivity contribution in [2.75, 3.05) is 0 Å². The molecule has 0 bridgehead atoms.